The standard InChI is InChI=1S/C20H13BrN2O3S3/c21-10-3-5-11(6-4-10)23-18(25)14-13(9-1-7-12(24)8-2-9)15-17(22-20(27)29-15)28-16(14)19(23)26/h1-8,13-14,16,24H,(H,22,27)/t13-,14+,16-/m1/s1. The van der Waals surface area contributed by atoms with Gasteiger partial charge in [0, 0.05) is 15.3 Å². The molecule has 29 heavy (non-hydrogen) atoms. The first kappa shape index (κ1) is 19.0. The molecule has 3 heterocycles. The molecule has 0 aliphatic carbocycles. The van der Waals surface area contributed by atoms with Crippen LogP contribution in [0.3, 0.4) is 0 Å². The first-order valence-electron chi connectivity index (χ1n) is 8.76. The maximum absolute atomic E-state index is 13.5. The molecule has 0 saturated carbocycles. The maximum atomic E-state index is 13.5. The van der Waals surface area contributed by atoms with Gasteiger partial charge in [-0.2, -0.15) is 0 Å². The Kier molecular flexibility index (Phi) is 4.65. The van der Waals surface area contributed by atoms with E-state index < -0.39 is 11.2 Å². The summed E-state index contributed by atoms with van der Waals surface area (Å²) in [5, 5.41) is 10.0. The number of anilines is 1. The van der Waals surface area contributed by atoms with E-state index in [4.69, 9.17) is 12.2 Å². The highest BCUT2D eigenvalue weighted by Gasteiger charge is 2.56. The molecule has 9 heteroatoms. The number of thiazole rings is 1. The van der Waals surface area contributed by atoms with Crippen molar-refractivity contribution in [2.75, 3.05) is 4.90 Å². The number of carbonyl (C=O) groups is 2. The van der Waals surface area contributed by atoms with Gasteiger partial charge in [0.1, 0.15) is 11.0 Å². The summed E-state index contributed by atoms with van der Waals surface area (Å²) in [6.45, 7) is 0. The molecule has 3 atom stereocenters. The predicted octanol–water partition coefficient (Wildman–Crippen LogP) is 5.07. The second-order valence-electron chi connectivity index (χ2n) is 6.83. The molecule has 2 aliphatic heterocycles. The Balaban J connectivity index is 1.64. The summed E-state index contributed by atoms with van der Waals surface area (Å²) in [6, 6.07) is 14.0. The fraction of sp³-hybridized carbons (Fsp3) is 0.150. The number of H-pyrrole nitrogens is 1. The molecule has 5 rings (SSSR count). The van der Waals surface area contributed by atoms with Gasteiger partial charge in [0.25, 0.3) is 0 Å². The number of halogens is 1. The van der Waals surface area contributed by atoms with E-state index in [1.54, 1.807) is 36.4 Å². The van der Waals surface area contributed by atoms with E-state index in [9.17, 15) is 14.7 Å². The molecule has 5 nitrogen and oxygen atoms in total. The van der Waals surface area contributed by atoms with E-state index >= 15 is 0 Å². The van der Waals surface area contributed by atoms with Crippen molar-refractivity contribution >= 4 is 68.7 Å². The highest BCUT2D eigenvalue weighted by atomic mass is 79.9. The predicted molar refractivity (Wildman–Crippen MR) is 119 cm³/mol. The number of aromatic hydroxyl groups is 1. The molecule has 1 fully saturated rings. The van der Waals surface area contributed by atoms with Crippen molar-refractivity contribution in [2.24, 2.45) is 5.92 Å². The van der Waals surface area contributed by atoms with Gasteiger partial charge in [-0.3, -0.25) is 9.59 Å². The van der Waals surface area contributed by atoms with E-state index in [-0.39, 0.29) is 23.5 Å². The van der Waals surface area contributed by atoms with Gasteiger partial charge in [-0.1, -0.05) is 39.8 Å². The van der Waals surface area contributed by atoms with Crippen LogP contribution >= 0.6 is 51.2 Å². The molecule has 2 amide bonds. The van der Waals surface area contributed by atoms with Crippen LogP contribution in [-0.2, 0) is 9.59 Å². The van der Waals surface area contributed by atoms with Crippen molar-refractivity contribution in [3.05, 3.63) is 67.4 Å². The van der Waals surface area contributed by atoms with Crippen LogP contribution in [0.1, 0.15) is 16.4 Å². The Morgan fingerprint density at radius 3 is 2.41 bits per heavy atom. The Labute approximate surface area is 187 Å². The normalized spacial score (nSPS) is 23.2. The zero-order chi connectivity index (χ0) is 20.3. The van der Waals surface area contributed by atoms with Crippen molar-refractivity contribution in [2.45, 2.75) is 16.2 Å². The first-order valence-corrected chi connectivity index (χ1v) is 11.7. The van der Waals surface area contributed by atoms with Gasteiger partial charge >= 0.3 is 0 Å². The average molecular weight is 505 g/mol. The second-order valence-corrected chi connectivity index (χ2v) is 10.6. The van der Waals surface area contributed by atoms with Crippen molar-refractivity contribution in [3.63, 3.8) is 0 Å². The number of hydrogen-bond donors (Lipinski definition) is 2. The zero-order valence-corrected chi connectivity index (χ0v) is 18.7. The second kappa shape index (κ2) is 7.09. The number of nitrogens with one attached hydrogen (secondary N) is 1. The van der Waals surface area contributed by atoms with Crippen LogP contribution in [0.25, 0.3) is 0 Å². The number of hydrogen-bond acceptors (Lipinski definition) is 6. The summed E-state index contributed by atoms with van der Waals surface area (Å²) in [7, 11) is 0. The molecule has 1 aromatic heterocycles. The van der Waals surface area contributed by atoms with E-state index in [1.165, 1.54) is 28.0 Å². The van der Waals surface area contributed by atoms with E-state index in [0.29, 0.717) is 9.64 Å². The minimum atomic E-state index is -0.533. The average Bonchev–Trinajstić information content (AvgIpc) is 3.19. The minimum Gasteiger partial charge on any atom is -0.508 e. The van der Waals surface area contributed by atoms with Crippen LogP contribution in [-0.4, -0.2) is 27.2 Å². The number of aromatic nitrogens is 1. The Morgan fingerprint density at radius 2 is 1.72 bits per heavy atom. The number of thioether (sulfide) groups is 1. The number of amides is 2. The lowest BCUT2D eigenvalue weighted by atomic mass is 9.83. The summed E-state index contributed by atoms with van der Waals surface area (Å²) in [5.74, 6) is -1.10. The molecule has 0 unspecified atom stereocenters. The fourth-order valence-corrected chi connectivity index (χ4v) is 7.13. The molecule has 1 saturated heterocycles. The molecule has 0 radical (unpaired) electrons. The van der Waals surface area contributed by atoms with Crippen LogP contribution in [0.5, 0.6) is 5.75 Å². The number of carbonyl (C=O) groups excluding carboxylic acids is 2. The minimum absolute atomic E-state index is 0.155. The first-order chi connectivity index (χ1) is 13.9. The van der Waals surface area contributed by atoms with E-state index in [1.807, 2.05) is 12.1 Å². The van der Waals surface area contributed by atoms with Crippen LogP contribution in [0.15, 0.2) is 58.0 Å². The summed E-state index contributed by atoms with van der Waals surface area (Å²) in [4.78, 5) is 32.2. The van der Waals surface area contributed by atoms with Crippen molar-refractivity contribution in [1.29, 1.82) is 0 Å². The van der Waals surface area contributed by atoms with Gasteiger partial charge in [0.05, 0.1) is 16.6 Å². The Hall–Kier alpha value is -1.94. The third-order valence-electron chi connectivity index (χ3n) is 5.16. The van der Waals surface area contributed by atoms with Crippen molar-refractivity contribution < 1.29 is 14.7 Å². The van der Waals surface area contributed by atoms with Gasteiger partial charge < -0.3 is 10.1 Å². The third-order valence-corrected chi connectivity index (χ3v) is 8.44. The molecular weight excluding hydrogens is 492 g/mol. The van der Waals surface area contributed by atoms with Gasteiger partial charge in [-0.25, -0.2) is 4.90 Å². The molecule has 2 aliphatic rings. The zero-order valence-electron chi connectivity index (χ0n) is 14.7. The topological polar surface area (TPSA) is 73.4 Å². The van der Waals surface area contributed by atoms with Crippen molar-refractivity contribution in [3.8, 4) is 5.75 Å². The van der Waals surface area contributed by atoms with Crippen LogP contribution in [0.2, 0.25) is 0 Å². The Bertz CT molecular complexity index is 1190. The molecular formula is C20H13BrN2O3S3. The smallest absolute Gasteiger partial charge is 0.248 e. The molecule has 146 valence electrons. The molecule has 2 N–H and O–H groups in total. The maximum Gasteiger partial charge on any atom is 0.248 e. The van der Waals surface area contributed by atoms with Crippen LogP contribution < -0.4 is 4.90 Å². The number of phenols is 1. The Morgan fingerprint density at radius 1 is 1.03 bits per heavy atom. The summed E-state index contributed by atoms with van der Waals surface area (Å²) < 4.78 is 1.50. The van der Waals surface area contributed by atoms with Gasteiger partial charge in [-0.05, 0) is 54.2 Å². The number of nitrogens with zero attached hydrogens (tertiary/aromatic N) is 1. The van der Waals surface area contributed by atoms with Gasteiger partial charge in [0.15, 0.2) is 3.95 Å². The number of fused-ring (bicyclic) bond motifs is 2. The highest BCUT2D eigenvalue weighted by molar-refractivity contribution is 9.10. The molecule has 0 spiro atoms. The monoisotopic (exact) mass is 504 g/mol. The molecule has 3 aromatic rings. The summed E-state index contributed by atoms with van der Waals surface area (Å²) in [5.41, 5.74) is 1.45. The van der Waals surface area contributed by atoms with E-state index in [2.05, 4.69) is 20.9 Å². The quantitative estimate of drug-likeness (QED) is 0.376. The fourth-order valence-electron chi connectivity index (χ4n) is 3.90. The van der Waals surface area contributed by atoms with Crippen LogP contribution in [0, 0.1) is 9.87 Å². The summed E-state index contributed by atoms with van der Waals surface area (Å²) >= 11 is 11.5. The third kappa shape index (κ3) is 3.07. The van der Waals surface area contributed by atoms with Gasteiger partial charge in [-0.15, -0.1) is 11.3 Å². The largest absolute Gasteiger partial charge is 0.508 e. The lowest BCUT2D eigenvalue weighted by molar-refractivity contribution is -0.122. The summed E-state index contributed by atoms with van der Waals surface area (Å²) in [6.07, 6.45) is 0. The number of phenolic OH excluding ortho intramolecular Hbond substituents is 1. The van der Waals surface area contributed by atoms with E-state index in [0.717, 1.165) is 19.9 Å². The number of imide groups is 1. The van der Waals surface area contributed by atoms with Gasteiger partial charge in [0.2, 0.25) is 11.8 Å². The highest BCUT2D eigenvalue weighted by Crippen LogP contribution is 2.54. The number of aromatic amines is 1. The van der Waals surface area contributed by atoms with Crippen molar-refractivity contribution in [1.82, 2.24) is 4.98 Å². The SMILES string of the molecule is O=C1[C@H]2[C@@H](c3ccc(O)cc3)c3sc(=S)[nH]c3S[C@H]2C(=O)N1c1ccc(Br)cc1. The molecule has 2 aromatic carbocycles. The lowest BCUT2D eigenvalue weighted by Crippen LogP contribution is -2.32. The lowest BCUT2D eigenvalue weighted by Gasteiger charge is -2.29. The molecule has 0 bridgehead atoms. The van der Waals surface area contributed by atoms with Crippen LogP contribution in [0.4, 0.5) is 5.69 Å². The number of rotatable bonds is 2. The number of benzene rings is 2.